The smallest absolute Gasteiger partial charge is 0.0706 e. The number of benzene rings is 2. The second-order valence-electron chi connectivity index (χ2n) is 5.32. The quantitative estimate of drug-likeness (QED) is 0.371. The number of hydrogen-bond acceptors (Lipinski definition) is 4. The van der Waals surface area contributed by atoms with Gasteiger partial charge in [0.2, 0.25) is 0 Å². The van der Waals surface area contributed by atoms with Crippen molar-refractivity contribution >= 4 is 29.0 Å². The zero-order valence-electron chi connectivity index (χ0n) is 13.0. The lowest BCUT2D eigenvalue weighted by Crippen LogP contribution is -2.07. The third-order valence-electron chi connectivity index (χ3n) is 3.60. The maximum absolute atomic E-state index is 5.47. The minimum atomic E-state index is 0.569. The van der Waals surface area contributed by atoms with Crippen LogP contribution in [0.5, 0.6) is 0 Å². The van der Waals surface area contributed by atoms with Crippen molar-refractivity contribution in [2.75, 3.05) is 12.0 Å². The second-order valence-corrected chi connectivity index (χ2v) is 5.90. The number of nitrogens with zero attached hydrogens (tertiary/aromatic N) is 1. The largest absolute Gasteiger partial charge is 0.324 e. The maximum atomic E-state index is 5.47. The van der Waals surface area contributed by atoms with Crippen LogP contribution in [0.1, 0.15) is 22.3 Å². The molecule has 0 aliphatic carbocycles. The molecule has 114 valence electrons. The van der Waals surface area contributed by atoms with E-state index in [1.165, 1.54) is 16.7 Å². The number of hydrazine groups is 1. The zero-order valence-corrected chi connectivity index (χ0v) is 13.8. The minimum Gasteiger partial charge on any atom is -0.324 e. The average Bonchev–Trinajstić information content (AvgIpc) is 2.52. The molecule has 0 fully saturated rings. The highest BCUT2D eigenvalue weighted by Crippen LogP contribution is 2.14. The molecule has 0 radical (unpaired) electrons. The molecule has 0 amide bonds. The first kappa shape index (κ1) is 16.3. The summed E-state index contributed by atoms with van der Waals surface area (Å²) in [6, 6.07) is 14.1. The summed E-state index contributed by atoms with van der Waals surface area (Å²) in [5.74, 6) is 5.34. The van der Waals surface area contributed by atoms with E-state index in [2.05, 4.69) is 42.5 Å². The van der Waals surface area contributed by atoms with Gasteiger partial charge in [0.1, 0.15) is 0 Å². The van der Waals surface area contributed by atoms with Crippen LogP contribution in [-0.4, -0.2) is 17.6 Å². The molecule has 0 saturated heterocycles. The SMILES string of the molecule is Cc1cccc(C)c1CC(=S)CN=Cc1ccc(NN)cc1. The minimum absolute atomic E-state index is 0.569. The van der Waals surface area contributed by atoms with Crippen molar-refractivity contribution in [3.8, 4) is 0 Å². The van der Waals surface area contributed by atoms with E-state index in [0.717, 1.165) is 22.5 Å². The summed E-state index contributed by atoms with van der Waals surface area (Å²) in [6.45, 7) is 4.82. The molecule has 3 N–H and O–H groups in total. The summed E-state index contributed by atoms with van der Waals surface area (Å²) in [5, 5.41) is 0. The van der Waals surface area contributed by atoms with E-state index in [0.29, 0.717) is 6.54 Å². The van der Waals surface area contributed by atoms with E-state index in [4.69, 9.17) is 18.1 Å². The Kier molecular flexibility index (Phi) is 5.81. The van der Waals surface area contributed by atoms with Gasteiger partial charge in [-0.05, 0) is 48.2 Å². The first-order valence-electron chi connectivity index (χ1n) is 7.23. The number of aliphatic imine (C=N–C) groups is 1. The van der Waals surface area contributed by atoms with Crippen LogP contribution in [0.15, 0.2) is 47.5 Å². The Bertz CT molecular complexity index is 655. The van der Waals surface area contributed by atoms with Gasteiger partial charge < -0.3 is 5.43 Å². The molecule has 0 saturated carbocycles. The standard InChI is InChI=1S/C18H21N3S/c1-13-4-3-5-14(2)18(13)10-17(22)12-20-11-15-6-8-16(21-19)9-7-15/h3-9,11,21H,10,12,19H2,1-2H3. The third-order valence-corrected chi connectivity index (χ3v) is 3.88. The number of nitrogens with two attached hydrogens (primary N) is 1. The van der Waals surface area contributed by atoms with Gasteiger partial charge in [0, 0.05) is 23.2 Å². The van der Waals surface area contributed by atoms with Crippen LogP contribution in [0.4, 0.5) is 5.69 Å². The molecule has 2 rings (SSSR count). The van der Waals surface area contributed by atoms with Crippen LogP contribution in [-0.2, 0) is 6.42 Å². The Hall–Kier alpha value is -2.04. The summed E-state index contributed by atoms with van der Waals surface area (Å²) in [5.41, 5.74) is 8.41. The third kappa shape index (κ3) is 4.48. The van der Waals surface area contributed by atoms with Crippen molar-refractivity contribution < 1.29 is 0 Å². The van der Waals surface area contributed by atoms with Crippen LogP contribution >= 0.6 is 12.2 Å². The fourth-order valence-electron chi connectivity index (χ4n) is 2.30. The Morgan fingerprint density at radius 2 is 1.77 bits per heavy atom. The van der Waals surface area contributed by atoms with E-state index in [-0.39, 0.29) is 0 Å². The molecule has 0 heterocycles. The number of nitrogens with one attached hydrogen (secondary N) is 1. The van der Waals surface area contributed by atoms with Crippen LogP contribution in [0.25, 0.3) is 0 Å². The van der Waals surface area contributed by atoms with E-state index in [1.807, 2.05) is 30.5 Å². The van der Waals surface area contributed by atoms with Gasteiger partial charge in [-0.25, -0.2) is 0 Å². The topological polar surface area (TPSA) is 50.4 Å². The molecular weight excluding hydrogens is 290 g/mol. The van der Waals surface area contributed by atoms with Crippen molar-refractivity contribution in [2.45, 2.75) is 20.3 Å². The van der Waals surface area contributed by atoms with Gasteiger partial charge in [0.15, 0.2) is 0 Å². The first-order valence-corrected chi connectivity index (χ1v) is 7.64. The van der Waals surface area contributed by atoms with Crippen molar-refractivity contribution in [3.05, 3.63) is 64.7 Å². The first-order chi connectivity index (χ1) is 10.6. The van der Waals surface area contributed by atoms with Gasteiger partial charge >= 0.3 is 0 Å². The molecular formula is C18H21N3S. The van der Waals surface area contributed by atoms with Crippen LogP contribution < -0.4 is 11.3 Å². The molecule has 22 heavy (non-hydrogen) atoms. The lowest BCUT2D eigenvalue weighted by Gasteiger charge is -2.09. The molecule has 0 unspecified atom stereocenters. The normalized spacial score (nSPS) is 10.9. The average molecular weight is 311 g/mol. The summed E-state index contributed by atoms with van der Waals surface area (Å²) in [4.78, 5) is 5.39. The lowest BCUT2D eigenvalue weighted by atomic mass is 9.99. The van der Waals surface area contributed by atoms with Gasteiger partial charge in [0.05, 0.1) is 6.54 Å². The highest BCUT2D eigenvalue weighted by atomic mass is 32.1. The Balaban J connectivity index is 1.93. The summed E-state index contributed by atoms with van der Waals surface area (Å²) >= 11 is 5.47. The summed E-state index contributed by atoms with van der Waals surface area (Å²) in [7, 11) is 0. The summed E-state index contributed by atoms with van der Waals surface area (Å²) in [6.07, 6.45) is 2.65. The van der Waals surface area contributed by atoms with Crippen molar-refractivity contribution in [1.82, 2.24) is 0 Å². The number of anilines is 1. The van der Waals surface area contributed by atoms with E-state index < -0.39 is 0 Å². The zero-order chi connectivity index (χ0) is 15.9. The molecule has 0 aliphatic rings. The van der Waals surface area contributed by atoms with Gasteiger partial charge in [-0.2, -0.15) is 0 Å². The number of hydrogen-bond donors (Lipinski definition) is 2. The Labute approximate surface area is 137 Å². The molecule has 2 aromatic rings. The highest BCUT2D eigenvalue weighted by molar-refractivity contribution is 7.80. The number of aryl methyl sites for hydroxylation is 2. The molecule has 2 aromatic carbocycles. The predicted molar refractivity (Wildman–Crippen MR) is 98.9 cm³/mol. The molecule has 3 nitrogen and oxygen atoms in total. The summed E-state index contributed by atoms with van der Waals surface area (Å²) < 4.78 is 0. The van der Waals surface area contributed by atoms with Gasteiger partial charge in [-0.3, -0.25) is 10.8 Å². The monoisotopic (exact) mass is 311 g/mol. The highest BCUT2D eigenvalue weighted by Gasteiger charge is 2.04. The molecule has 0 aliphatic heterocycles. The van der Waals surface area contributed by atoms with E-state index in [1.54, 1.807) is 0 Å². The number of rotatable bonds is 6. The molecule has 0 aromatic heterocycles. The van der Waals surface area contributed by atoms with Crippen molar-refractivity contribution in [1.29, 1.82) is 0 Å². The molecule has 0 bridgehead atoms. The fourth-order valence-corrected chi connectivity index (χ4v) is 2.52. The van der Waals surface area contributed by atoms with E-state index in [9.17, 15) is 0 Å². The van der Waals surface area contributed by atoms with Crippen LogP contribution in [0.3, 0.4) is 0 Å². The lowest BCUT2D eigenvalue weighted by molar-refractivity contribution is 1.18. The molecule has 0 atom stereocenters. The van der Waals surface area contributed by atoms with Crippen molar-refractivity contribution in [3.63, 3.8) is 0 Å². The number of nitrogen functional groups attached to an aromatic ring is 1. The molecule has 4 heteroatoms. The second kappa shape index (κ2) is 7.82. The van der Waals surface area contributed by atoms with Crippen LogP contribution in [0, 0.1) is 13.8 Å². The van der Waals surface area contributed by atoms with Gasteiger partial charge in [-0.1, -0.05) is 42.5 Å². The Morgan fingerprint density at radius 3 is 2.36 bits per heavy atom. The maximum Gasteiger partial charge on any atom is 0.0706 e. The van der Waals surface area contributed by atoms with E-state index >= 15 is 0 Å². The van der Waals surface area contributed by atoms with Gasteiger partial charge in [0.25, 0.3) is 0 Å². The number of thiocarbonyl (C=S) groups is 1. The van der Waals surface area contributed by atoms with Crippen molar-refractivity contribution in [2.24, 2.45) is 10.8 Å². The molecule has 0 spiro atoms. The van der Waals surface area contributed by atoms with Gasteiger partial charge in [-0.15, -0.1) is 0 Å². The van der Waals surface area contributed by atoms with Crippen LogP contribution in [0.2, 0.25) is 0 Å². The predicted octanol–water partition coefficient (Wildman–Crippen LogP) is 3.62. The fraction of sp³-hybridized carbons (Fsp3) is 0.222. The Morgan fingerprint density at radius 1 is 1.14 bits per heavy atom.